The monoisotopic (exact) mass is 681 g/mol. The fourth-order valence-corrected chi connectivity index (χ4v) is 5.98. The maximum absolute atomic E-state index is 12.9. The van der Waals surface area contributed by atoms with Crippen LogP contribution in [0.25, 0.3) is 0 Å². The molecule has 0 saturated heterocycles. The van der Waals surface area contributed by atoms with E-state index in [0.29, 0.717) is 26.1 Å². The number of hydrogen-bond acceptors (Lipinski definition) is 7. The molecule has 0 aliphatic heterocycles. The molecule has 0 aromatic rings. The SMILES string of the molecule is CCCCCC/C=C\CCC(=O)OCCCCCCN(CCCCCCOC(=O)CC/C=C\CCCCCC)C(=O)SCCN(C)C. The number of nitrogens with zero attached hydrogens (tertiary/aromatic N) is 2. The van der Waals surface area contributed by atoms with Gasteiger partial charge in [-0.05, 0) is 91.1 Å². The Hall–Kier alpha value is -1.80. The Morgan fingerprint density at radius 3 is 1.40 bits per heavy atom. The van der Waals surface area contributed by atoms with Gasteiger partial charge in [-0.2, -0.15) is 0 Å². The van der Waals surface area contributed by atoms with Gasteiger partial charge in [-0.3, -0.25) is 14.4 Å². The summed E-state index contributed by atoms with van der Waals surface area (Å²) in [4.78, 5) is 41.0. The van der Waals surface area contributed by atoms with Crippen LogP contribution in [0.1, 0.15) is 155 Å². The quantitative estimate of drug-likeness (QED) is 0.0388. The lowest BCUT2D eigenvalue weighted by molar-refractivity contribution is -0.144. The molecule has 274 valence electrons. The number of hydrogen-bond donors (Lipinski definition) is 0. The van der Waals surface area contributed by atoms with E-state index in [4.69, 9.17) is 9.47 Å². The lowest BCUT2D eigenvalue weighted by Gasteiger charge is -2.22. The fraction of sp³-hybridized carbons (Fsp3) is 0.821. The van der Waals surface area contributed by atoms with Gasteiger partial charge in [0, 0.05) is 38.2 Å². The molecule has 7 nitrogen and oxygen atoms in total. The normalized spacial score (nSPS) is 11.6. The minimum absolute atomic E-state index is 0.110. The summed E-state index contributed by atoms with van der Waals surface area (Å²) in [5.74, 6) is 0.575. The molecule has 0 aromatic carbocycles. The highest BCUT2D eigenvalue weighted by atomic mass is 32.2. The van der Waals surface area contributed by atoms with E-state index in [1.54, 1.807) is 0 Å². The summed E-state index contributed by atoms with van der Waals surface area (Å²) in [6, 6.07) is 0. The number of amides is 1. The van der Waals surface area contributed by atoms with Crippen LogP contribution < -0.4 is 0 Å². The second-order valence-electron chi connectivity index (χ2n) is 12.9. The van der Waals surface area contributed by atoms with E-state index in [-0.39, 0.29) is 17.2 Å². The van der Waals surface area contributed by atoms with Gasteiger partial charge in [0.25, 0.3) is 5.24 Å². The average Bonchev–Trinajstić information content (AvgIpc) is 3.05. The van der Waals surface area contributed by atoms with Crippen molar-refractivity contribution >= 4 is 28.9 Å². The molecular weight excluding hydrogens is 609 g/mol. The summed E-state index contributed by atoms with van der Waals surface area (Å²) >= 11 is 1.41. The van der Waals surface area contributed by atoms with E-state index in [1.807, 2.05) is 19.0 Å². The van der Waals surface area contributed by atoms with Crippen LogP contribution in [0.3, 0.4) is 0 Å². The van der Waals surface area contributed by atoms with Gasteiger partial charge in [0.2, 0.25) is 0 Å². The maximum atomic E-state index is 12.9. The molecule has 0 atom stereocenters. The summed E-state index contributed by atoms with van der Waals surface area (Å²) in [7, 11) is 4.05. The van der Waals surface area contributed by atoms with Crippen LogP contribution in [-0.2, 0) is 19.1 Å². The third-order valence-electron chi connectivity index (χ3n) is 8.01. The zero-order valence-electron chi connectivity index (χ0n) is 31.0. The standard InChI is InChI=1S/C39H72N2O5S/c1-5-7-9-11-13-15-17-23-29-37(42)45-34-27-21-19-25-31-41(39(44)47-36-33-40(3)4)32-26-20-22-28-35-46-38(43)30-24-18-16-14-12-10-8-6-2/h15-18H,5-14,19-36H2,1-4H3/b17-15-,18-16-. The molecule has 0 bridgehead atoms. The van der Waals surface area contributed by atoms with E-state index in [0.717, 1.165) is 102 Å². The van der Waals surface area contributed by atoms with E-state index >= 15 is 0 Å². The zero-order chi connectivity index (χ0) is 34.6. The molecule has 0 N–H and O–H groups in total. The third kappa shape index (κ3) is 33.9. The van der Waals surface area contributed by atoms with Crippen molar-refractivity contribution in [2.75, 3.05) is 52.7 Å². The molecule has 0 aliphatic carbocycles. The first-order chi connectivity index (χ1) is 22.9. The lowest BCUT2D eigenvalue weighted by atomic mass is 10.1. The Kier molecular flexibility index (Phi) is 34.1. The average molecular weight is 681 g/mol. The molecule has 0 aromatic heterocycles. The smallest absolute Gasteiger partial charge is 0.306 e. The Labute approximate surface area is 294 Å². The predicted octanol–water partition coefficient (Wildman–Crippen LogP) is 10.5. The van der Waals surface area contributed by atoms with Gasteiger partial charge in [0.05, 0.1) is 13.2 Å². The fourth-order valence-electron chi connectivity index (χ4n) is 4.99. The lowest BCUT2D eigenvalue weighted by Crippen LogP contribution is -2.30. The van der Waals surface area contributed by atoms with Gasteiger partial charge in [-0.15, -0.1) is 0 Å². The van der Waals surface area contributed by atoms with Crippen molar-refractivity contribution in [2.24, 2.45) is 0 Å². The topological polar surface area (TPSA) is 76.1 Å². The molecule has 8 heteroatoms. The van der Waals surface area contributed by atoms with Gasteiger partial charge in [0.15, 0.2) is 0 Å². The number of carbonyl (C=O) groups excluding carboxylic acids is 3. The van der Waals surface area contributed by atoms with Crippen LogP contribution in [0.4, 0.5) is 4.79 Å². The van der Waals surface area contributed by atoms with Crippen LogP contribution in [-0.4, -0.2) is 79.7 Å². The first-order valence-electron chi connectivity index (χ1n) is 19.1. The number of rotatable bonds is 33. The Morgan fingerprint density at radius 2 is 0.957 bits per heavy atom. The number of unbranched alkanes of at least 4 members (excludes halogenated alkanes) is 14. The van der Waals surface area contributed by atoms with Crippen molar-refractivity contribution in [3.05, 3.63) is 24.3 Å². The highest BCUT2D eigenvalue weighted by Gasteiger charge is 2.14. The summed E-state index contributed by atoms with van der Waals surface area (Å²) < 4.78 is 10.8. The Balaban J connectivity index is 4.07. The Bertz CT molecular complexity index is 750. The van der Waals surface area contributed by atoms with E-state index in [9.17, 15) is 14.4 Å². The Morgan fingerprint density at radius 1 is 0.532 bits per heavy atom. The molecule has 0 saturated carbocycles. The number of carbonyl (C=O) groups is 3. The summed E-state index contributed by atoms with van der Waals surface area (Å²) in [6.45, 7) is 7.82. The number of esters is 2. The van der Waals surface area contributed by atoms with Crippen LogP contribution in [0, 0.1) is 0 Å². The maximum Gasteiger partial charge on any atom is 0.306 e. The molecular formula is C39H72N2O5S. The van der Waals surface area contributed by atoms with Crippen molar-refractivity contribution in [2.45, 2.75) is 155 Å². The zero-order valence-corrected chi connectivity index (χ0v) is 31.8. The molecule has 0 rings (SSSR count). The summed E-state index contributed by atoms with van der Waals surface area (Å²) in [6.07, 6.45) is 31.0. The van der Waals surface area contributed by atoms with Crippen molar-refractivity contribution < 1.29 is 23.9 Å². The second-order valence-corrected chi connectivity index (χ2v) is 13.9. The predicted molar refractivity (Wildman–Crippen MR) is 201 cm³/mol. The molecule has 0 aliphatic rings. The van der Waals surface area contributed by atoms with Crippen molar-refractivity contribution in [1.82, 2.24) is 9.80 Å². The van der Waals surface area contributed by atoms with Gasteiger partial charge < -0.3 is 19.3 Å². The van der Waals surface area contributed by atoms with E-state index in [1.165, 1.54) is 63.1 Å². The van der Waals surface area contributed by atoms with Crippen LogP contribution in [0.15, 0.2) is 24.3 Å². The summed E-state index contributed by atoms with van der Waals surface area (Å²) in [5, 5.41) is 0.166. The van der Waals surface area contributed by atoms with Crippen molar-refractivity contribution in [1.29, 1.82) is 0 Å². The molecule has 0 heterocycles. The van der Waals surface area contributed by atoms with E-state index in [2.05, 4.69) is 43.1 Å². The van der Waals surface area contributed by atoms with Gasteiger partial charge >= 0.3 is 11.9 Å². The first kappa shape index (κ1) is 45.2. The molecule has 47 heavy (non-hydrogen) atoms. The van der Waals surface area contributed by atoms with Crippen molar-refractivity contribution in [3.63, 3.8) is 0 Å². The first-order valence-corrected chi connectivity index (χ1v) is 20.1. The molecule has 1 amide bonds. The van der Waals surface area contributed by atoms with E-state index < -0.39 is 0 Å². The number of ether oxygens (including phenoxy) is 2. The van der Waals surface area contributed by atoms with Gasteiger partial charge in [-0.25, -0.2) is 0 Å². The molecule has 0 radical (unpaired) electrons. The van der Waals surface area contributed by atoms with Crippen LogP contribution in [0.5, 0.6) is 0 Å². The minimum atomic E-state index is -0.110. The van der Waals surface area contributed by atoms with Crippen LogP contribution in [0.2, 0.25) is 0 Å². The largest absolute Gasteiger partial charge is 0.466 e. The minimum Gasteiger partial charge on any atom is -0.466 e. The highest BCUT2D eigenvalue weighted by Crippen LogP contribution is 2.14. The molecule has 0 unspecified atom stereocenters. The number of thioether (sulfide) groups is 1. The molecule has 0 fully saturated rings. The van der Waals surface area contributed by atoms with Crippen LogP contribution >= 0.6 is 11.8 Å². The van der Waals surface area contributed by atoms with Gasteiger partial charge in [0.1, 0.15) is 0 Å². The molecule has 0 spiro atoms. The van der Waals surface area contributed by atoms with Crippen molar-refractivity contribution in [3.8, 4) is 0 Å². The van der Waals surface area contributed by atoms with Gasteiger partial charge in [-0.1, -0.05) is 101 Å². The summed E-state index contributed by atoms with van der Waals surface area (Å²) in [5.41, 5.74) is 0. The highest BCUT2D eigenvalue weighted by molar-refractivity contribution is 8.13. The third-order valence-corrected chi connectivity index (χ3v) is 8.90. The number of allylic oxidation sites excluding steroid dienone is 4. The second kappa shape index (κ2) is 35.5.